The molecule has 0 spiro atoms. The van der Waals surface area contributed by atoms with Gasteiger partial charge in [-0.2, -0.15) is 0 Å². The minimum Gasteiger partial charge on any atom is -0.466 e. The van der Waals surface area contributed by atoms with Gasteiger partial charge in [0, 0.05) is 25.7 Å². The third-order valence-corrected chi connectivity index (χ3v) is 2.85. The molecule has 0 aromatic rings. The standard InChI is InChI=1S/C11H21NO3/c1-14-7-4-8-15-10(13)9-11(12)5-2-3-6-11/h2-9,12H2,1H3. The lowest BCUT2D eigenvalue weighted by Gasteiger charge is -2.21. The van der Waals surface area contributed by atoms with Crippen LogP contribution in [0.25, 0.3) is 0 Å². The van der Waals surface area contributed by atoms with Crippen molar-refractivity contribution < 1.29 is 14.3 Å². The van der Waals surface area contributed by atoms with Crippen LogP contribution < -0.4 is 5.73 Å². The summed E-state index contributed by atoms with van der Waals surface area (Å²) in [6, 6.07) is 0. The minimum atomic E-state index is -0.293. The highest BCUT2D eigenvalue weighted by atomic mass is 16.5. The van der Waals surface area contributed by atoms with Crippen LogP contribution in [-0.4, -0.2) is 31.8 Å². The summed E-state index contributed by atoms with van der Waals surface area (Å²) in [6.07, 6.45) is 5.26. The van der Waals surface area contributed by atoms with E-state index >= 15 is 0 Å². The van der Waals surface area contributed by atoms with Gasteiger partial charge in [0.15, 0.2) is 0 Å². The molecule has 1 saturated carbocycles. The van der Waals surface area contributed by atoms with E-state index < -0.39 is 0 Å². The Bertz CT molecular complexity index is 200. The van der Waals surface area contributed by atoms with Gasteiger partial charge in [-0.05, 0) is 12.8 Å². The highest BCUT2D eigenvalue weighted by Crippen LogP contribution is 2.30. The molecule has 88 valence electrons. The SMILES string of the molecule is COCCCOC(=O)CC1(N)CCCC1. The number of hydrogen-bond acceptors (Lipinski definition) is 4. The van der Waals surface area contributed by atoms with E-state index in [1.807, 2.05) is 0 Å². The van der Waals surface area contributed by atoms with Crippen molar-refractivity contribution in [3.05, 3.63) is 0 Å². The summed E-state index contributed by atoms with van der Waals surface area (Å²) in [4.78, 5) is 11.4. The summed E-state index contributed by atoms with van der Waals surface area (Å²) in [5.74, 6) is -0.171. The number of rotatable bonds is 6. The molecule has 1 rings (SSSR count). The van der Waals surface area contributed by atoms with Crippen LogP contribution in [0.3, 0.4) is 0 Å². The summed E-state index contributed by atoms with van der Waals surface area (Å²) in [5.41, 5.74) is 5.77. The molecule has 4 heteroatoms. The molecular formula is C11H21NO3. The zero-order valence-electron chi connectivity index (χ0n) is 9.46. The predicted octanol–water partition coefficient (Wildman–Crippen LogP) is 1.23. The molecule has 1 aliphatic carbocycles. The van der Waals surface area contributed by atoms with Crippen LogP contribution in [0.5, 0.6) is 0 Å². The van der Waals surface area contributed by atoms with Crippen LogP contribution in [0, 0.1) is 0 Å². The molecule has 1 aliphatic rings. The topological polar surface area (TPSA) is 61.5 Å². The summed E-state index contributed by atoms with van der Waals surface area (Å²) < 4.78 is 9.93. The molecule has 0 aliphatic heterocycles. The Morgan fingerprint density at radius 1 is 1.33 bits per heavy atom. The first-order valence-corrected chi connectivity index (χ1v) is 5.60. The van der Waals surface area contributed by atoms with Gasteiger partial charge in [0.2, 0.25) is 0 Å². The third-order valence-electron chi connectivity index (χ3n) is 2.85. The second-order valence-electron chi connectivity index (χ2n) is 4.31. The number of esters is 1. The number of carbonyl (C=O) groups excluding carboxylic acids is 1. The molecule has 0 amide bonds. The van der Waals surface area contributed by atoms with E-state index in [-0.39, 0.29) is 11.5 Å². The Morgan fingerprint density at radius 2 is 2.00 bits per heavy atom. The van der Waals surface area contributed by atoms with Crippen molar-refractivity contribution >= 4 is 5.97 Å². The Hall–Kier alpha value is -0.610. The van der Waals surface area contributed by atoms with Gasteiger partial charge in [0.1, 0.15) is 0 Å². The number of methoxy groups -OCH3 is 1. The van der Waals surface area contributed by atoms with E-state index in [1.165, 1.54) is 0 Å². The lowest BCUT2D eigenvalue weighted by molar-refractivity contribution is -0.145. The summed E-state index contributed by atoms with van der Waals surface area (Å²) in [5, 5.41) is 0. The van der Waals surface area contributed by atoms with Gasteiger partial charge in [-0.1, -0.05) is 12.8 Å². The van der Waals surface area contributed by atoms with Crippen LogP contribution in [-0.2, 0) is 14.3 Å². The van der Waals surface area contributed by atoms with Crippen LogP contribution >= 0.6 is 0 Å². The van der Waals surface area contributed by atoms with Crippen molar-refractivity contribution in [2.24, 2.45) is 5.73 Å². The minimum absolute atomic E-state index is 0.171. The molecular weight excluding hydrogens is 194 g/mol. The number of nitrogens with two attached hydrogens (primary N) is 1. The van der Waals surface area contributed by atoms with Gasteiger partial charge in [-0.3, -0.25) is 4.79 Å². The molecule has 0 unspecified atom stereocenters. The number of hydrogen-bond donors (Lipinski definition) is 1. The van der Waals surface area contributed by atoms with Crippen molar-refractivity contribution in [2.75, 3.05) is 20.3 Å². The van der Waals surface area contributed by atoms with Crippen LogP contribution in [0.1, 0.15) is 38.5 Å². The maximum atomic E-state index is 11.4. The second kappa shape index (κ2) is 6.08. The molecule has 15 heavy (non-hydrogen) atoms. The van der Waals surface area contributed by atoms with Gasteiger partial charge in [0.25, 0.3) is 0 Å². The maximum Gasteiger partial charge on any atom is 0.307 e. The van der Waals surface area contributed by atoms with E-state index in [0.29, 0.717) is 19.6 Å². The van der Waals surface area contributed by atoms with Crippen molar-refractivity contribution in [3.63, 3.8) is 0 Å². The zero-order chi connectivity index (χ0) is 11.1. The zero-order valence-corrected chi connectivity index (χ0v) is 9.46. The first-order chi connectivity index (χ1) is 7.16. The lowest BCUT2D eigenvalue weighted by atomic mass is 9.95. The van der Waals surface area contributed by atoms with Crippen molar-refractivity contribution in [3.8, 4) is 0 Å². The molecule has 0 heterocycles. The van der Waals surface area contributed by atoms with Crippen molar-refractivity contribution in [1.82, 2.24) is 0 Å². The maximum absolute atomic E-state index is 11.4. The Balaban J connectivity index is 2.12. The van der Waals surface area contributed by atoms with E-state index in [2.05, 4.69) is 0 Å². The summed E-state index contributed by atoms with van der Waals surface area (Å²) >= 11 is 0. The largest absolute Gasteiger partial charge is 0.466 e. The second-order valence-corrected chi connectivity index (χ2v) is 4.31. The Kier molecular flexibility index (Phi) is 5.05. The van der Waals surface area contributed by atoms with Gasteiger partial charge < -0.3 is 15.2 Å². The van der Waals surface area contributed by atoms with E-state index in [4.69, 9.17) is 15.2 Å². The van der Waals surface area contributed by atoms with Gasteiger partial charge in [0.05, 0.1) is 13.0 Å². The summed E-state index contributed by atoms with van der Waals surface area (Å²) in [6.45, 7) is 1.06. The van der Waals surface area contributed by atoms with Gasteiger partial charge in [-0.25, -0.2) is 0 Å². The van der Waals surface area contributed by atoms with Gasteiger partial charge >= 0.3 is 5.97 Å². The number of carbonyl (C=O) groups is 1. The monoisotopic (exact) mass is 215 g/mol. The molecule has 2 N–H and O–H groups in total. The lowest BCUT2D eigenvalue weighted by Crippen LogP contribution is -2.39. The molecule has 0 radical (unpaired) electrons. The molecule has 4 nitrogen and oxygen atoms in total. The van der Waals surface area contributed by atoms with E-state index in [9.17, 15) is 4.79 Å². The normalized spacial score (nSPS) is 19.1. The molecule has 0 bridgehead atoms. The fraction of sp³-hybridized carbons (Fsp3) is 0.909. The summed E-state index contributed by atoms with van der Waals surface area (Å²) in [7, 11) is 1.63. The Labute approximate surface area is 91.1 Å². The predicted molar refractivity (Wildman–Crippen MR) is 57.5 cm³/mol. The molecule has 0 atom stereocenters. The first kappa shape index (κ1) is 12.5. The van der Waals surface area contributed by atoms with E-state index in [0.717, 1.165) is 32.1 Å². The van der Waals surface area contributed by atoms with Crippen LogP contribution in [0.4, 0.5) is 0 Å². The van der Waals surface area contributed by atoms with E-state index in [1.54, 1.807) is 7.11 Å². The fourth-order valence-electron chi connectivity index (χ4n) is 1.98. The fourth-order valence-corrected chi connectivity index (χ4v) is 1.98. The van der Waals surface area contributed by atoms with Crippen LogP contribution in [0.2, 0.25) is 0 Å². The smallest absolute Gasteiger partial charge is 0.307 e. The van der Waals surface area contributed by atoms with Crippen molar-refractivity contribution in [1.29, 1.82) is 0 Å². The third kappa shape index (κ3) is 4.62. The number of ether oxygens (including phenoxy) is 2. The molecule has 0 aromatic carbocycles. The average molecular weight is 215 g/mol. The van der Waals surface area contributed by atoms with Crippen molar-refractivity contribution in [2.45, 2.75) is 44.1 Å². The molecule has 0 aromatic heterocycles. The molecule has 0 saturated heterocycles. The average Bonchev–Trinajstić information content (AvgIpc) is 2.59. The molecule has 1 fully saturated rings. The van der Waals surface area contributed by atoms with Gasteiger partial charge in [-0.15, -0.1) is 0 Å². The highest BCUT2D eigenvalue weighted by Gasteiger charge is 2.32. The first-order valence-electron chi connectivity index (χ1n) is 5.60. The van der Waals surface area contributed by atoms with Crippen LogP contribution in [0.15, 0.2) is 0 Å². The Morgan fingerprint density at radius 3 is 2.60 bits per heavy atom. The highest BCUT2D eigenvalue weighted by molar-refractivity contribution is 5.70. The quantitative estimate of drug-likeness (QED) is 0.534.